The molecule has 0 heterocycles. The molecule has 5 heteroatoms. The van der Waals surface area contributed by atoms with Crippen molar-refractivity contribution < 1.29 is 9.18 Å². The largest absolute Gasteiger partial charge is 0.346 e. The van der Waals surface area contributed by atoms with Crippen LogP contribution in [0.5, 0.6) is 0 Å². The summed E-state index contributed by atoms with van der Waals surface area (Å²) in [6.45, 7) is 5.31. The maximum Gasteiger partial charge on any atom is 0.254 e. The maximum absolute atomic E-state index is 13.5. The van der Waals surface area contributed by atoms with E-state index in [1.165, 1.54) is 12.1 Å². The number of nitrogens with one attached hydrogen (secondary N) is 1. The summed E-state index contributed by atoms with van der Waals surface area (Å²) in [5.41, 5.74) is -0.662. The van der Waals surface area contributed by atoms with Gasteiger partial charge in [-0.2, -0.15) is 0 Å². The Labute approximate surface area is 110 Å². The molecule has 0 aromatic heterocycles. The Balaban J connectivity index is 2.91. The third-order valence-corrected chi connectivity index (χ3v) is 3.39. The molecule has 0 fully saturated rings. The smallest absolute Gasteiger partial charge is 0.254 e. The van der Waals surface area contributed by atoms with Crippen molar-refractivity contribution in [1.82, 2.24) is 5.32 Å². The predicted molar refractivity (Wildman–Crippen MR) is 68.3 cm³/mol. The second kappa shape index (κ2) is 5.23. The van der Waals surface area contributed by atoms with E-state index in [-0.39, 0.29) is 16.0 Å². The van der Waals surface area contributed by atoms with Gasteiger partial charge in [-0.1, -0.05) is 11.6 Å². The molecule has 0 radical (unpaired) electrons. The van der Waals surface area contributed by atoms with Crippen molar-refractivity contribution in [3.05, 3.63) is 34.6 Å². The third-order valence-electron chi connectivity index (χ3n) is 2.61. The van der Waals surface area contributed by atoms with E-state index in [9.17, 15) is 9.18 Å². The van der Waals surface area contributed by atoms with Crippen LogP contribution >= 0.6 is 23.2 Å². The number of rotatable bonds is 3. The van der Waals surface area contributed by atoms with Gasteiger partial charge in [-0.3, -0.25) is 4.79 Å². The Morgan fingerprint density at radius 1 is 1.47 bits per heavy atom. The Bertz CT molecular complexity index is 433. The van der Waals surface area contributed by atoms with E-state index >= 15 is 0 Å². The molecular formula is C12H14Cl2FNO. The van der Waals surface area contributed by atoms with Crippen LogP contribution in [0, 0.1) is 5.82 Å². The molecule has 0 aliphatic rings. The zero-order valence-corrected chi connectivity index (χ0v) is 11.4. The summed E-state index contributed by atoms with van der Waals surface area (Å²) >= 11 is 11.5. The molecule has 0 saturated carbocycles. The van der Waals surface area contributed by atoms with E-state index in [1.807, 2.05) is 0 Å². The van der Waals surface area contributed by atoms with E-state index in [1.54, 1.807) is 20.8 Å². The monoisotopic (exact) mass is 277 g/mol. The molecule has 94 valence electrons. The molecule has 1 N–H and O–H groups in total. The molecule has 1 aromatic rings. The highest BCUT2D eigenvalue weighted by Gasteiger charge is 2.27. The summed E-state index contributed by atoms with van der Waals surface area (Å²) in [4.78, 5) is 11.8. The summed E-state index contributed by atoms with van der Waals surface area (Å²) in [6, 6.07) is 3.92. The molecule has 1 aromatic carbocycles. The van der Waals surface area contributed by atoms with Crippen LogP contribution in [0.25, 0.3) is 0 Å². The summed E-state index contributed by atoms with van der Waals surface area (Å²) in [7, 11) is 0. The average Bonchev–Trinajstić information content (AvgIpc) is 2.15. The second-order valence-electron chi connectivity index (χ2n) is 4.42. The number of alkyl halides is 1. The van der Waals surface area contributed by atoms with Crippen molar-refractivity contribution in [1.29, 1.82) is 0 Å². The lowest BCUT2D eigenvalue weighted by molar-refractivity contribution is 0.0908. The van der Waals surface area contributed by atoms with Crippen LogP contribution in [-0.2, 0) is 0 Å². The van der Waals surface area contributed by atoms with E-state index in [2.05, 4.69) is 5.32 Å². The van der Waals surface area contributed by atoms with Gasteiger partial charge in [0.25, 0.3) is 5.91 Å². The minimum Gasteiger partial charge on any atom is -0.346 e. The van der Waals surface area contributed by atoms with Gasteiger partial charge in [0.05, 0.1) is 16.5 Å². The van der Waals surface area contributed by atoms with Crippen LogP contribution in [0.2, 0.25) is 5.02 Å². The molecular weight excluding hydrogens is 264 g/mol. The van der Waals surface area contributed by atoms with Gasteiger partial charge in [0.2, 0.25) is 0 Å². The fourth-order valence-electron chi connectivity index (χ4n) is 1.13. The summed E-state index contributed by atoms with van der Waals surface area (Å²) in [6.07, 6.45) is 0. The molecule has 0 aliphatic carbocycles. The number of hydrogen-bond acceptors (Lipinski definition) is 1. The van der Waals surface area contributed by atoms with Gasteiger partial charge in [-0.15, -0.1) is 11.6 Å². The molecule has 0 spiro atoms. The van der Waals surface area contributed by atoms with Gasteiger partial charge in [-0.25, -0.2) is 4.39 Å². The zero-order chi connectivity index (χ0) is 13.2. The first-order valence-electron chi connectivity index (χ1n) is 5.15. The van der Waals surface area contributed by atoms with Crippen molar-refractivity contribution in [3.63, 3.8) is 0 Å². The van der Waals surface area contributed by atoms with Crippen molar-refractivity contribution in [3.8, 4) is 0 Å². The standard InChI is InChI=1S/C12H14Cl2FNO/c1-7(13)12(2,3)16-11(17)9-5-4-8(14)6-10(9)15/h4-7H,1-3H3,(H,16,17). The lowest BCUT2D eigenvalue weighted by Gasteiger charge is -2.29. The highest BCUT2D eigenvalue weighted by molar-refractivity contribution is 6.30. The van der Waals surface area contributed by atoms with Crippen LogP contribution in [0.3, 0.4) is 0 Å². The topological polar surface area (TPSA) is 29.1 Å². The fourth-order valence-corrected chi connectivity index (χ4v) is 1.35. The predicted octanol–water partition coefficient (Wildman–Crippen LogP) is 3.61. The summed E-state index contributed by atoms with van der Waals surface area (Å²) < 4.78 is 13.5. The molecule has 1 rings (SSSR count). The quantitative estimate of drug-likeness (QED) is 0.841. The number of amides is 1. The van der Waals surface area contributed by atoms with Crippen molar-refractivity contribution in [2.45, 2.75) is 31.7 Å². The van der Waals surface area contributed by atoms with Crippen LogP contribution in [0.1, 0.15) is 31.1 Å². The number of benzene rings is 1. The van der Waals surface area contributed by atoms with Gasteiger partial charge >= 0.3 is 0 Å². The first kappa shape index (κ1) is 14.3. The lowest BCUT2D eigenvalue weighted by atomic mass is 10.0. The van der Waals surface area contributed by atoms with Crippen molar-refractivity contribution in [2.24, 2.45) is 0 Å². The van der Waals surface area contributed by atoms with Crippen molar-refractivity contribution in [2.75, 3.05) is 0 Å². The third kappa shape index (κ3) is 3.58. The molecule has 17 heavy (non-hydrogen) atoms. The Hall–Kier alpha value is -0.800. The summed E-state index contributed by atoms with van der Waals surface area (Å²) in [5, 5.41) is 2.66. The first-order chi connectivity index (χ1) is 7.74. The number of hydrogen-bond donors (Lipinski definition) is 1. The minimum atomic E-state index is -0.645. The number of halogens is 3. The minimum absolute atomic E-state index is 0.0419. The number of carbonyl (C=O) groups is 1. The Kier molecular flexibility index (Phi) is 4.39. The van der Waals surface area contributed by atoms with Gasteiger partial charge < -0.3 is 5.32 Å². The van der Waals surface area contributed by atoms with E-state index in [4.69, 9.17) is 23.2 Å². The van der Waals surface area contributed by atoms with Gasteiger partial charge in [0, 0.05) is 5.02 Å². The molecule has 1 atom stereocenters. The normalized spacial score (nSPS) is 13.3. The van der Waals surface area contributed by atoms with E-state index in [0.29, 0.717) is 0 Å². The van der Waals surface area contributed by atoms with Gasteiger partial charge in [0.15, 0.2) is 0 Å². The highest BCUT2D eigenvalue weighted by atomic mass is 35.5. The van der Waals surface area contributed by atoms with Gasteiger partial charge in [0.1, 0.15) is 5.82 Å². The molecule has 1 amide bonds. The van der Waals surface area contributed by atoms with Gasteiger partial charge in [-0.05, 0) is 39.0 Å². The van der Waals surface area contributed by atoms with Crippen LogP contribution in [0.15, 0.2) is 18.2 Å². The zero-order valence-electron chi connectivity index (χ0n) is 9.85. The molecule has 0 bridgehead atoms. The molecule has 1 unspecified atom stereocenters. The number of carbonyl (C=O) groups excluding carboxylic acids is 1. The molecule has 0 aliphatic heterocycles. The second-order valence-corrected chi connectivity index (χ2v) is 5.51. The molecule has 0 saturated heterocycles. The van der Waals surface area contributed by atoms with Crippen LogP contribution in [-0.4, -0.2) is 16.8 Å². The first-order valence-corrected chi connectivity index (χ1v) is 5.97. The summed E-state index contributed by atoms with van der Waals surface area (Å²) in [5.74, 6) is -1.15. The maximum atomic E-state index is 13.5. The fraction of sp³-hybridized carbons (Fsp3) is 0.417. The van der Waals surface area contributed by atoms with E-state index < -0.39 is 17.3 Å². The SMILES string of the molecule is CC(Cl)C(C)(C)NC(=O)c1ccc(Cl)cc1F. The lowest BCUT2D eigenvalue weighted by Crippen LogP contribution is -2.49. The van der Waals surface area contributed by atoms with Crippen LogP contribution < -0.4 is 5.32 Å². The van der Waals surface area contributed by atoms with Crippen molar-refractivity contribution >= 4 is 29.1 Å². The van der Waals surface area contributed by atoms with E-state index in [0.717, 1.165) is 6.07 Å². The molecule has 2 nitrogen and oxygen atoms in total. The average molecular weight is 278 g/mol. The Morgan fingerprint density at radius 2 is 2.06 bits per heavy atom. The highest BCUT2D eigenvalue weighted by Crippen LogP contribution is 2.18. The Morgan fingerprint density at radius 3 is 2.53 bits per heavy atom. The van der Waals surface area contributed by atoms with Crippen LogP contribution in [0.4, 0.5) is 4.39 Å².